The third-order valence-electron chi connectivity index (χ3n) is 3.81. The fourth-order valence-corrected chi connectivity index (χ4v) is 2.42. The molecule has 1 amide bonds. The van der Waals surface area contributed by atoms with Crippen LogP contribution in [0.4, 0.5) is 5.69 Å². The highest BCUT2D eigenvalue weighted by atomic mass is 16.5. The van der Waals surface area contributed by atoms with E-state index < -0.39 is 6.10 Å². The van der Waals surface area contributed by atoms with E-state index in [0.717, 1.165) is 5.56 Å². The molecule has 3 aromatic carbocycles. The largest absolute Gasteiger partial charge is 0.487 e. The molecular formula is C22H21NO3. The Balaban J connectivity index is 1.63. The molecule has 0 radical (unpaired) electrons. The zero-order valence-electron chi connectivity index (χ0n) is 14.6. The second-order valence-electron chi connectivity index (χ2n) is 5.83. The monoisotopic (exact) mass is 347 g/mol. The smallest absolute Gasteiger partial charge is 0.265 e. The summed E-state index contributed by atoms with van der Waals surface area (Å²) in [5.74, 6) is 1.05. The van der Waals surface area contributed by atoms with Crippen LogP contribution in [0.2, 0.25) is 0 Å². The van der Waals surface area contributed by atoms with E-state index in [1.54, 1.807) is 6.92 Å². The van der Waals surface area contributed by atoms with Crippen molar-refractivity contribution >= 4 is 11.6 Å². The highest BCUT2D eigenvalue weighted by Gasteiger charge is 2.16. The highest BCUT2D eigenvalue weighted by Crippen LogP contribution is 2.25. The van der Waals surface area contributed by atoms with Gasteiger partial charge in [-0.15, -0.1) is 0 Å². The summed E-state index contributed by atoms with van der Waals surface area (Å²) < 4.78 is 11.5. The minimum Gasteiger partial charge on any atom is -0.487 e. The van der Waals surface area contributed by atoms with Gasteiger partial charge in [-0.05, 0) is 36.8 Å². The first-order valence-electron chi connectivity index (χ1n) is 8.51. The molecule has 4 nitrogen and oxygen atoms in total. The maximum Gasteiger partial charge on any atom is 0.265 e. The molecule has 26 heavy (non-hydrogen) atoms. The SMILES string of the molecule is CC(Oc1ccccc1)C(=O)Nc1ccccc1OCc1ccccc1. The standard InChI is InChI=1S/C22H21NO3/c1-17(26-19-12-6-3-7-13-19)22(24)23-20-14-8-9-15-21(20)25-16-18-10-4-2-5-11-18/h2-15,17H,16H2,1H3,(H,23,24). The Morgan fingerprint density at radius 3 is 2.23 bits per heavy atom. The summed E-state index contributed by atoms with van der Waals surface area (Å²) in [6, 6.07) is 26.5. The molecule has 0 aliphatic rings. The minimum atomic E-state index is -0.625. The van der Waals surface area contributed by atoms with Crippen molar-refractivity contribution < 1.29 is 14.3 Å². The lowest BCUT2D eigenvalue weighted by Gasteiger charge is -2.17. The molecule has 3 rings (SSSR count). The Hall–Kier alpha value is -3.27. The molecule has 1 N–H and O–H groups in total. The maximum atomic E-state index is 12.5. The predicted molar refractivity (Wildman–Crippen MR) is 102 cm³/mol. The summed E-state index contributed by atoms with van der Waals surface area (Å²) in [6.07, 6.45) is -0.625. The van der Waals surface area contributed by atoms with Gasteiger partial charge in [-0.2, -0.15) is 0 Å². The number of carbonyl (C=O) groups excluding carboxylic acids is 1. The molecule has 1 atom stereocenters. The molecule has 0 saturated heterocycles. The molecule has 0 aromatic heterocycles. The van der Waals surface area contributed by atoms with Gasteiger partial charge in [0.1, 0.15) is 18.1 Å². The van der Waals surface area contributed by atoms with Crippen LogP contribution in [0.15, 0.2) is 84.9 Å². The second kappa shape index (κ2) is 8.72. The fourth-order valence-electron chi connectivity index (χ4n) is 2.42. The van der Waals surface area contributed by atoms with Gasteiger partial charge in [-0.25, -0.2) is 0 Å². The number of benzene rings is 3. The zero-order valence-corrected chi connectivity index (χ0v) is 14.6. The Bertz CT molecular complexity index is 834. The van der Waals surface area contributed by atoms with Crippen LogP contribution in [0.25, 0.3) is 0 Å². The van der Waals surface area contributed by atoms with Crippen LogP contribution in [0.1, 0.15) is 12.5 Å². The molecular weight excluding hydrogens is 326 g/mol. The second-order valence-corrected chi connectivity index (χ2v) is 5.83. The number of hydrogen-bond acceptors (Lipinski definition) is 3. The molecule has 0 spiro atoms. The number of para-hydroxylation sites is 3. The quantitative estimate of drug-likeness (QED) is 0.675. The third kappa shape index (κ3) is 4.86. The summed E-state index contributed by atoms with van der Waals surface area (Å²) in [7, 11) is 0. The van der Waals surface area contributed by atoms with Crippen molar-refractivity contribution in [2.75, 3.05) is 5.32 Å². The number of amides is 1. The van der Waals surface area contributed by atoms with Crippen LogP contribution < -0.4 is 14.8 Å². The molecule has 1 unspecified atom stereocenters. The van der Waals surface area contributed by atoms with Crippen LogP contribution in [0.5, 0.6) is 11.5 Å². The van der Waals surface area contributed by atoms with E-state index in [1.165, 1.54) is 0 Å². The van der Waals surface area contributed by atoms with Crippen molar-refractivity contribution in [2.24, 2.45) is 0 Å². The number of carbonyl (C=O) groups is 1. The van der Waals surface area contributed by atoms with E-state index in [0.29, 0.717) is 23.8 Å². The molecule has 0 saturated carbocycles. The van der Waals surface area contributed by atoms with Crippen LogP contribution in [0, 0.1) is 0 Å². The number of ether oxygens (including phenoxy) is 2. The highest BCUT2D eigenvalue weighted by molar-refractivity contribution is 5.95. The summed E-state index contributed by atoms with van der Waals surface area (Å²) >= 11 is 0. The van der Waals surface area contributed by atoms with Gasteiger partial charge in [0.15, 0.2) is 6.10 Å². The Labute approximate surface area is 153 Å². The average Bonchev–Trinajstić information content (AvgIpc) is 2.69. The van der Waals surface area contributed by atoms with Crippen LogP contribution in [-0.4, -0.2) is 12.0 Å². The molecule has 0 aliphatic carbocycles. The van der Waals surface area contributed by atoms with Gasteiger partial charge < -0.3 is 14.8 Å². The lowest BCUT2D eigenvalue weighted by atomic mass is 10.2. The van der Waals surface area contributed by atoms with Crippen molar-refractivity contribution in [1.82, 2.24) is 0 Å². The average molecular weight is 347 g/mol. The van der Waals surface area contributed by atoms with Crippen molar-refractivity contribution in [1.29, 1.82) is 0 Å². The summed E-state index contributed by atoms with van der Waals surface area (Å²) in [5.41, 5.74) is 1.69. The summed E-state index contributed by atoms with van der Waals surface area (Å²) in [4.78, 5) is 12.5. The van der Waals surface area contributed by atoms with E-state index >= 15 is 0 Å². The molecule has 132 valence electrons. The summed E-state index contributed by atoms with van der Waals surface area (Å²) in [5, 5.41) is 2.88. The van der Waals surface area contributed by atoms with E-state index in [4.69, 9.17) is 9.47 Å². The summed E-state index contributed by atoms with van der Waals surface area (Å²) in [6.45, 7) is 2.15. The molecule has 0 heterocycles. The number of nitrogens with one attached hydrogen (secondary N) is 1. The van der Waals surface area contributed by atoms with Gasteiger partial charge in [0, 0.05) is 0 Å². The van der Waals surface area contributed by atoms with Gasteiger partial charge in [0.2, 0.25) is 0 Å². The number of anilines is 1. The lowest BCUT2D eigenvalue weighted by Crippen LogP contribution is -2.30. The van der Waals surface area contributed by atoms with Gasteiger partial charge in [-0.1, -0.05) is 60.7 Å². The van der Waals surface area contributed by atoms with Gasteiger partial charge in [-0.3, -0.25) is 4.79 Å². The van der Waals surface area contributed by atoms with Crippen molar-refractivity contribution in [3.05, 3.63) is 90.5 Å². The first kappa shape index (κ1) is 17.5. The Morgan fingerprint density at radius 1 is 0.885 bits per heavy atom. The van der Waals surface area contributed by atoms with Gasteiger partial charge >= 0.3 is 0 Å². The third-order valence-corrected chi connectivity index (χ3v) is 3.81. The normalized spacial score (nSPS) is 11.4. The Kier molecular flexibility index (Phi) is 5.88. The van der Waals surface area contributed by atoms with Crippen LogP contribution in [-0.2, 0) is 11.4 Å². The van der Waals surface area contributed by atoms with Crippen LogP contribution >= 0.6 is 0 Å². The minimum absolute atomic E-state index is 0.232. The number of rotatable bonds is 7. The maximum absolute atomic E-state index is 12.5. The molecule has 0 aliphatic heterocycles. The van der Waals surface area contributed by atoms with E-state index in [2.05, 4.69) is 5.32 Å². The van der Waals surface area contributed by atoms with Crippen molar-refractivity contribution in [2.45, 2.75) is 19.6 Å². The number of hydrogen-bond donors (Lipinski definition) is 1. The van der Waals surface area contributed by atoms with Crippen molar-refractivity contribution in [3.63, 3.8) is 0 Å². The van der Waals surface area contributed by atoms with E-state index in [1.807, 2.05) is 84.9 Å². The first-order chi connectivity index (χ1) is 12.7. The van der Waals surface area contributed by atoms with Crippen molar-refractivity contribution in [3.8, 4) is 11.5 Å². The topological polar surface area (TPSA) is 47.6 Å². The molecule has 3 aromatic rings. The van der Waals surface area contributed by atoms with E-state index in [-0.39, 0.29) is 5.91 Å². The Morgan fingerprint density at radius 2 is 1.50 bits per heavy atom. The zero-order chi connectivity index (χ0) is 18.2. The van der Waals surface area contributed by atoms with E-state index in [9.17, 15) is 4.79 Å². The predicted octanol–water partition coefficient (Wildman–Crippen LogP) is 4.67. The van der Waals surface area contributed by atoms with Gasteiger partial charge in [0.25, 0.3) is 5.91 Å². The molecule has 4 heteroatoms. The van der Waals surface area contributed by atoms with Gasteiger partial charge in [0.05, 0.1) is 5.69 Å². The lowest BCUT2D eigenvalue weighted by molar-refractivity contribution is -0.122. The fraction of sp³-hybridized carbons (Fsp3) is 0.136. The molecule has 0 bridgehead atoms. The molecule has 0 fully saturated rings. The van der Waals surface area contributed by atoms with Crippen LogP contribution in [0.3, 0.4) is 0 Å². The first-order valence-corrected chi connectivity index (χ1v) is 8.51.